The van der Waals surface area contributed by atoms with Crippen LogP contribution in [0, 0.1) is 0 Å². The molecule has 0 fully saturated rings. The molecular weight excluding hydrogens is 290 g/mol. The van der Waals surface area contributed by atoms with Crippen LogP contribution in [0.15, 0.2) is 41.1 Å². The minimum Gasteiger partial charge on any atom is -0.337 e. The third-order valence-electron chi connectivity index (χ3n) is 3.12. The van der Waals surface area contributed by atoms with Crippen LogP contribution in [-0.4, -0.2) is 9.55 Å². The molecule has 2 aromatic rings. The summed E-state index contributed by atoms with van der Waals surface area (Å²) in [6.07, 6.45) is 3.80. The molecule has 0 spiro atoms. The van der Waals surface area contributed by atoms with E-state index in [2.05, 4.69) is 64.3 Å². The summed E-state index contributed by atoms with van der Waals surface area (Å²) in [6.45, 7) is 4.31. The summed E-state index contributed by atoms with van der Waals surface area (Å²) in [5.74, 6) is 1.05. The average Bonchev–Trinajstić information content (AvgIpc) is 2.76. The summed E-state index contributed by atoms with van der Waals surface area (Å²) < 4.78 is 3.15. The SMILES string of the molecule is CC(N[C@H](C)c1ccc(Br)cc1)c1nccn1C. The van der Waals surface area contributed by atoms with Crippen LogP contribution in [0.3, 0.4) is 0 Å². The molecule has 4 heteroatoms. The molecule has 1 aromatic heterocycles. The molecule has 0 aliphatic carbocycles. The summed E-state index contributed by atoms with van der Waals surface area (Å²) in [5.41, 5.74) is 1.28. The molecule has 0 aliphatic rings. The van der Waals surface area contributed by atoms with Crippen molar-refractivity contribution in [1.82, 2.24) is 14.9 Å². The van der Waals surface area contributed by atoms with Crippen LogP contribution < -0.4 is 5.32 Å². The van der Waals surface area contributed by atoms with Crippen LogP contribution in [-0.2, 0) is 7.05 Å². The Morgan fingerprint density at radius 2 is 1.83 bits per heavy atom. The molecule has 0 aliphatic heterocycles. The fourth-order valence-corrected chi connectivity index (χ4v) is 2.36. The van der Waals surface area contributed by atoms with Crippen molar-refractivity contribution in [1.29, 1.82) is 0 Å². The minimum atomic E-state index is 0.226. The molecule has 0 saturated heterocycles. The molecule has 1 unspecified atom stereocenters. The van der Waals surface area contributed by atoms with Crippen molar-refractivity contribution in [2.24, 2.45) is 7.05 Å². The Bertz CT molecular complexity index is 504. The highest BCUT2D eigenvalue weighted by molar-refractivity contribution is 9.10. The Hall–Kier alpha value is -1.13. The zero-order valence-corrected chi connectivity index (χ0v) is 12.5. The van der Waals surface area contributed by atoms with Crippen molar-refractivity contribution in [3.05, 3.63) is 52.5 Å². The molecule has 3 nitrogen and oxygen atoms in total. The summed E-state index contributed by atoms with van der Waals surface area (Å²) >= 11 is 3.45. The second-order valence-corrected chi connectivity index (χ2v) is 5.47. The summed E-state index contributed by atoms with van der Waals surface area (Å²) in [5, 5.41) is 3.56. The van der Waals surface area contributed by atoms with E-state index in [9.17, 15) is 0 Å². The summed E-state index contributed by atoms with van der Waals surface area (Å²) in [7, 11) is 2.02. The molecule has 96 valence electrons. The lowest BCUT2D eigenvalue weighted by molar-refractivity contribution is 0.467. The minimum absolute atomic E-state index is 0.226. The Balaban J connectivity index is 2.05. The van der Waals surface area contributed by atoms with Gasteiger partial charge in [-0.2, -0.15) is 0 Å². The lowest BCUT2D eigenvalue weighted by Gasteiger charge is -2.20. The van der Waals surface area contributed by atoms with E-state index in [-0.39, 0.29) is 6.04 Å². The predicted octanol–water partition coefficient (Wildman–Crippen LogP) is 3.59. The zero-order chi connectivity index (χ0) is 13.1. The Kier molecular flexibility index (Phi) is 4.19. The predicted molar refractivity (Wildman–Crippen MR) is 77.3 cm³/mol. The molecule has 2 atom stereocenters. The molecule has 0 saturated carbocycles. The van der Waals surface area contributed by atoms with Gasteiger partial charge in [0.15, 0.2) is 0 Å². The maximum absolute atomic E-state index is 4.37. The fourth-order valence-electron chi connectivity index (χ4n) is 2.09. The highest BCUT2D eigenvalue weighted by Crippen LogP contribution is 2.20. The molecule has 2 rings (SSSR count). The largest absolute Gasteiger partial charge is 0.337 e. The van der Waals surface area contributed by atoms with Gasteiger partial charge in [-0.3, -0.25) is 0 Å². The quantitative estimate of drug-likeness (QED) is 0.935. The van der Waals surface area contributed by atoms with Crippen molar-refractivity contribution in [2.75, 3.05) is 0 Å². The molecule has 1 aromatic carbocycles. The standard InChI is InChI=1S/C14H18BrN3/c1-10(12-4-6-13(15)7-5-12)17-11(2)14-16-8-9-18(14)3/h4-11,17H,1-3H3/t10-,11?/m1/s1. The number of nitrogens with zero attached hydrogens (tertiary/aromatic N) is 2. The van der Waals surface area contributed by atoms with E-state index in [1.807, 2.05) is 24.0 Å². The normalized spacial score (nSPS) is 14.4. The number of halogens is 1. The number of imidazole rings is 1. The van der Waals surface area contributed by atoms with Gasteiger partial charge in [-0.25, -0.2) is 4.98 Å². The van der Waals surface area contributed by atoms with E-state index in [1.54, 1.807) is 0 Å². The van der Waals surface area contributed by atoms with Gasteiger partial charge < -0.3 is 9.88 Å². The number of hydrogen-bond donors (Lipinski definition) is 1. The second kappa shape index (κ2) is 5.67. The third kappa shape index (κ3) is 3.00. The van der Waals surface area contributed by atoms with Crippen molar-refractivity contribution in [3.63, 3.8) is 0 Å². The van der Waals surface area contributed by atoms with E-state index < -0.39 is 0 Å². The van der Waals surface area contributed by atoms with Gasteiger partial charge in [0.2, 0.25) is 0 Å². The lowest BCUT2D eigenvalue weighted by atomic mass is 10.1. The van der Waals surface area contributed by atoms with E-state index in [1.165, 1.54) is 5.56 Å². The van der Waals surface area contributed by atoms with Crippen LogP contribution in [0.5, 0.6) is 0 Å². The van der Waals surface area contributed by atoms with Gasteiger partial charge >= 0.3 is 0 Å². The van der Waals surface area contributed by atoms with Crippen molar-refractivity contribution in [3.8, 4) is 0 Å². The van der Waals surface area contributed by atoms with Crippen LogP contribution in [0.25, 0.3) is 0 Å². The molecule has 0 radical (unpaired) electrons. The monoisotopic (exact) mass is 307 g/mol. The first-order chi connectivity index (χ1) is 8.58. The number of nitrogens with one attached hydrogen (secondary N) is 1. The van der Waals surface area contributed by atoms with Gasteiger partial charge in [-0.05, 0) is 31.5 Å². The highest BCUT2D eigenvalue weighted by atomic mass is 79.9. The molecular formula is C14H18BrN3. The smallest absolute Gasteiger partial charge is 0.125 e. The molecule has 0 bridgehead atoms. The van der Waals surface area contributed by atoms with Crippen LogP contribution in [0.1, 0.15) is 37.3 Å². The first-order valence-electron chi connectivity index (χ1n) is 6.06. The number of aryl methyl sites for hydroxylation is 1. The number of aromatic nitrogens is 2. The second-order valence-electron chi connectivity index (χ2n) is 4.56. The van der Waals surface area contributed by atoms with Crippen LogP contribution in [0.2, 0.25) is 0 Å². The molecule has 18 heavy (non-hydrogen) atoms. The van der Waals surface area contributed by atoms with Crippen LogP contribution >= 0.6 is 15.9 Å². The number of rotatable bonds is 4. The lowest BCUT2D eigenvalue weighted by Crippen LogP contribution is -2.24. The first-order valence-corrected chi connectivity index (χ1v) is 6.86. The van der Waals surface area contributed by atoms with Gasteiger partial charge in [-0.1, -0.05) is 28.1 Å². The Morgan fingerprint density at radius 1 is 1.17 bits per heavy atom. The van der Waals surface area contributed by atoms with E-state index in [0.717, 1.165) is 10.3 Å². The topological polar surface area (TPSA) is 29.9 Å². The van der Waals surface area contributed by atoms with Gasteiger partial charge in [0, 0.05) is 30.0 Å². The van der Waals surface area contributed by atoms with E-state index >= 15 is 0 Å². The zero-order valence-electron chi connectivity index (χ0n) is 10.9. The van der Waals surface area contributed by atoms with Crippen LogP contribution in [0.4, 0.5) is 0 Å². The summed E-state index contributed by atoms with van der Waals surface area (Å²) in [6, 6.07) is 8.92. The average molecular weight is 308 g/mol. The van der Waals surface area contributed by atoms with Gasteiger partial charge in [0.05, 0.1) is 6.04 Å². The number of benzene rings is 1. The third-order valence-corrected chi connectivity index (χ3v) is 3.64. The number of hydrogen-bond acceptors (Lipinski definition) is 2. The molecule has 1 N–H and O–H groups in total. The van der Waals surface area contributed by atoms with Crippen molar-refractivity contribution < 1.29 is 0 Å². The molecule has 1 heterocycles. The summed E-state index contributed by atoms with van der Waals surface area (Å²) in [4.78, 5) is 4.37. The van der Waals surface area contributed by atoms with Crippen molar-refractivity contribution in [2.45, 2.75) is 25.9 Å². The maximum atomic E-state index is 4.37. The molecule has 0 amide bonds. The van der Waals surface area contributed by atoms with Crippen molar-refractivity contribution >= 4 is 15.9 Å². The Morgan fingerprint density at radius 3 is 2.39 bits per heavy atom. The van der Waals surface area contributed by atoms with Gasteiger partial charge in [0.25, 0.3) is 0 Å². The van der Waals surface area contributed by atoms with Gasteiger partial charge in [0.1, 0.15) is 5.82 Å². The van der Waals surface area contributed by atoms with E-state index in [0.29, 0.717) is 6.04 Å². The van der Waals surface area contributed by atoms with E-state index in [4.69, 9.17) is 0 Å². The fraction of sp³-hybridized carbons (Fsp3) is 0.357. The Labute approximate surface area is 116 Å². The highest BCUT2D eigenvalue weighted by Gasteiger charge is 2.14. The van der Waals surface area contributed by atoms with Gasteiger partial charge in [-0.15, -0.1) is 0 Å². The first kappa shape index (κ1) is 13.3. The maximum Gasteiger partial charge on any atom is 0.125 e.